The second-order valence-corrected chi connectivity index (χ2v) is 7.05. The van der Waals surface area contributed by atoms with Crippen molar-refractivity contribution in [2.75, 3.05) is 5.32 Å². The number of halogens is 1. The summed E-state index contributed by atoms with van der Waals surface area (Å²) >= 11 is 3.59. The van der Waals surface area contributed by atoms with Gasteiger partial charge in [-0.05, 0) is 36.6 Å². The molecule has 0 spiro atoms. The maximum absolute atomic E-state index is 12.6. The third kappa shape index (κ3) is 1.81. The molecule has 5 nitrogen and oxygen atoms in total. The Morgan fingerprint density at radius 1 is 1.29 bits per heavy atom. The lowest BCUT2D eigenvalue weighted by Gasteiger charge is -2.27. The maximum atomic E-state index is 12.6. The highest BCUT2D eigenvalue weighted by molar-refractivity contribution is 9.09. The van der Waals surface area contributed by atoms with Gasteiger partial charge in [-0.2, -0.15) is 0 Å². The second-order valence-electron chi connectivity index (χ2n) is 6.00. The number of hydrogen-bond donors (Lipinski definition) is 2. The van der Waals surface area contributed by atoms with E-state index in [4.69, 9.17) is 4.74 Å². The molecule has 6 atom stereocenters. The summed E-state index contributed by atoms with van der Waals surface area (Å²) < 4.78 is 5.40. The number of fused-ring (bicyclic) bond motifs is 1. The van der Waals surface area contributed by atoms with Crippen molar-refractivity contribution in [3.63, 3.8) is 0 Å². The van der Waals surface area contributed by atoms with Crippen molar-refractivity contribution >= 4 is 33.5 Å². The van der Waals surface area contributed by atoms with Gasteiger partial charge < -0.3 is 15.2 Å². The summed E-state index contributed by atoms with van der Waals surface area (Å²) in [4.78, 5) is 24.6. The lowest BCUT2D eigenvalue weighted by Crippen LogP contribution is -2.40. The number of phenols is 1. The van der Waals surface area contributed by atoms with Gasteiger partial charge in [0.15, 0.2) is 0 Å². The van der Waals surface area contributed by atoms with E-state index in [1.165, 1.54) is 12.1 Å². The van der Waals surface area contributed by atoms with E-state index >= 15 is 0 Å². The molecule has 1 saturated heterocycles. The van der Waals surface area contributed by atoms with E-state index in [2.05, 4.69) is 21.2 Å². The van der Waals surface area contributed by atoms with E-state index in [9.17, 15) is 14.7 Å². The highest BCUT2D eigenvalue weighted by Gasteiger charge is 2.67. The molecule has 110 valence electrons. The van der Waals surface area contributed by atoms with E-state index in [1.807, 2.05) is 0 Å². The molecule has 2 N–H and O–H groups in total. The van der Waals surface area contributed by atoms with Gasteiger partial charge in [0, 0.05) is 11.6 Å². The van der Waals surface area contributed by atoms with Gasteiger partial charge in [0.05, 0.1) is 16.7 Å². The molecular weight excluding hydrogens is 338 g/mol. The smallest absolute Gasteiger partial charge is 0.310 e. The Morgan fingerprint density at radius 3 is 2.71 bits per heavy atom. The van der Waals surface area contributed by atoms with Gasteiger partial charge in [0.25, 0.3) is 0 Å². The van der Waals surface area contributed by atoms with Crippen LogP contribution in [-0.2, 0) is 14.3 Å². The average molecular weight is 352 g/mol. The maximum Gasteiger partial charge on any atom is 0.310 e. The van der Waals surface area contributed by atoms with Crippen LogP contribution in [0.2, 0.25) is 0 Å². The fourth-order valence-corrected chi connectivity index (χ4v) is 5.15. The third-order valence-corrected chi connectivity index (χ3v) is 6.16. The van der Waals surface area contributed by atoms with Gasteiger partial charge >= 0.3 is 5.97 Å². The minimum absolute atomic E-state index is 0.0646. The number of carbonyl (C=O) groups is 2. The van der Waals surface area contributed by atoms with E-state index in [0.29, 0.717) is 5.69 Å². The Labute approximate surface area is 129 Å². The Balaban J connectivity index is 1.57. The molecule has 0 radical (unpaired) electrons. The zero-order valence-electron chi connectivity index (χ0n) is 11.0. The van der Waals surface area contributed by atoms with Gasteiger partial charge in [-0.1, -0.05) is 15.9 Å². The first-order valence-corrected chi connectivity index (χ1v) is 7.92. The van der Waals surface area contributed by atoms with Gasteiger partial charge in [0.2, 0.25) is 5.91 Å². The molecule has 1 aliphatic heterocycles. The van der Waals surface area contributed by atoms with Gasteiger partial charge in [-0.15, -0.1) is 0 Å². The molecule has 3 aliphatic rings. The van der Waals surface area contributed by atoms with E-state index < -0.39 is 0 Å². The first kappa shape index (κ1) is 13.1. The Morgan fingerprint density at radius 2 is 2.00 bits per heavy atom. The fraction of sp³-hybridized carbons (Fsp3) is 0.467. The van der Waals surface area contributed by atoms with Crippen LogP contribution in [0.15, 0.2) is 24.3 Å². The number of amides is 1. The summed E-state index contributed by atoms with van der Waals surface area (Å²) in [6.07, 6.45) is 0.801. The number of aromatic hydroxyl groups is 1. The predicted octanol–water partition coefficient (Wildman–Crippen LogP) is 1.90. The van der Waals surface area contributed by atoms with E-state index in [1.54, 1.807) is 12.1 Å². The van der Waals surface area contributed by atoms with Crippen molar-refractivity contribution < 1.29 is 19.4 Å². The number of carbonyl (C=O) groups excluding carboxylic acids is 2. The molecule has 1 aromatic rings. The van der Waals surface area contributed by atoms with Crippen LogP contribution in [0.25, 0.3) is 0 Å². The number of nitrogens with one attached hydrogen (secondary N) is 1. The Hall–Kier alpha value is -1.56. The topological polar surface area (TPSA) is 75.6 Å². The third-order valence-electron chi connectivity index (χ3n) is 4.96. The Bertz CT molecular complexity index is 617. The molecule has 21 heavy (non-hydrogen) atoms. The monoisotopic (exact) mass is 351 g/mol. The van der Waals surface area contributed by atoms with Gasteiger partial charge in [0.1, 0.15) is 11.9 Å². The van der Waals surface area contributed by atoms with E-state index in [-0.39, 0.29) is 52.2 Å². The number of hydrogen-bond acceptors (Lipinski definition) is 4. The number of alkyl halides is 1. The van der Waals surface area contributed by atoms with Crippen LogP contribution in [0.3, 0.4) is 0 Å². The lowest BCUT2D eigenvalue weighted by atomic mass is 9.79. The molecular formula is C15H14BrNO4. The Kier molecular flexibility index (Phi) is 2.79. The van der Waals surface area contributed by atoms with Crippen LogP contribution >= 0.6 is 15.9 Å². The van der Waals surface area contributed by atoms with Gasteiger partial charge in [-0.3, -0.25) is 9.59 Å². The zero-order chi connectivity index (χ0) is 14.7. The number of ether oxygens (including phenoxy) is 1. The predicted molar refractivity (Wildman–Crippen MR) is 77.9 cm³/mol. The van der Waals surface area contributed by atoms with Crippen LogP contribution in [-0.4, -0.2) is 27.9 Å². The van der Waals surface area contributed by atoms with Crippen molar-refractivity contribution in [3.05, 3.63) is 24.3 Å². The summed E-state index contributed by atoms with van der Waals surface area (Å²) in [5, 5.41) is 12.1. The first-order valence-electron chi connectivity index (χ1n) is 7.01. The minimum Gasteiger partial charge on any atom is -0.508 e. The molecule has 2 aliphatic carbocycles. The van der Waals surface area contributed by atoms with Crippen LogP contribution in [0.1, 0.15) is 6.42 Å². The normalized spacial score (nSPS) is 39.4. The number of benzene rings is 1. The van der Waals surface area contributed by atoms with Crippen molar-refractivity contribution in [1.29, 1.82) is 0 Å². The molecule has 1 amide bonds. The van der Waals surface area contributed by atoms with Gasteiger partial charge in [-0.25, -0.2) is 0 Å². The zero-order valence-corrected chi connectivity index (χ0v) is 12.6. The minimum atomic E-state index is -0.334. The van der Waals surface area contributed by atoms with Crippen molar-refractivity contribution in [1.82, 2.24) is 0 Å². The molecule has 1 heterocycles. The molecule has 6 heteroatoms. The van der Waals surface area contributed by atoms with Crippen LogP contribution in [0, 0.1) is 23.7 Å². The van der Waals surface area contributed by atoms with Crippen molar-refractivity contribution in [3.8, 4) is 5.75 Å². The number of esters is 1. The number of anilines is 1. The summed E-state index contributed by atoms with van der Waals surface area (Å²) in [6.45, 7) is 0. The highest BCUT2D eigenvalue weighted by Crippen LogP contribution is 2.60. The largest absolute Gasteiger partial charge is 0.508 e. The lowest BCUT2D eigenvalue weighted by molar-refractivity contribution is -0.145. The SMILES string of the molecule is O=C(Nc1ccc(O)cc1)[C@@H]1[C@H]2C[C@H]3[C@H](OC(=O)[C@H]31)[C@H]2Br. The molecule has 3 fully saturated rings. The van der Waals surface area contributed by atoms with Crippen LogP contribution in [0.5, 0.6) is 5.75 Å². The van der Waals surface area contributed by atoms with Crippen molar-refractivity contribution in [2.45, 2.75) is 17.4 Å². The molecule has 2 bridgehead atoms. The summed E-state index contributed by atoms with van der Waals surface area (Å²) in [7, 11) is 0. The average Bonchev–Trinajstić information content (AvgIpc) is 3.05. The van der Waals surface area contributed by atoms with Crippen LogP contribution in [0.4, 0.5) is 5.69 Å². The quantitative estimate of drug-likeness (QED) is 0.484. The van der Waals surface area contributed by atoms with Crippen molar-refractivity contribution in [2.24, 2.45) is 23.7 Å². The molecule has 4 rings (SSSR count). The summed E-state index contributed by atoms with van der Waals surface area (Å²) in [6, 6.07) is 6.32. The standard InChI is InChI=1S/C15H14BrNO4/c16-12-8-5-9-11(15(20)21-13(9)12)10(8)14(19)17-6-1-3-7(18)4-2-6/h1-4,8-13,18H,5H2,(H,17,19)/t8-,9-,10-,11-,12+,13+/m1/s1. The molecule has 2 saturated carbocycles. The summed E-state index contributed by atoms with van der Waals surface area (Å²) in [5.41, 5.74) is 0.620. The molecule has 0 aromatic heterocycles. The fourth-order valence-electron chi connectivity index (χ4n) is 4.10. The molecule has 1 aromatic carbocycles. The first-order chi connectivity index (χ1) is 10.1. The van der Waals surface area contributed by atoms with Crippen LogP contribution < -0.4 is 5.32 Å². The highest BCUT2D eigenvalue weighted by atomic mass is 79.9. The second kappa shape index (κ2) is 4.47. The number of rotatable bonds is 2. The number of phenolic OH excluding ortho intramolecular Hbond substituents is 1. The molecule has 0 unspecified atom stereocenters. The summed E-state index contributed by atoms with van der Waals surface area (Å²) in [5.74, 6) is -0.544. The van der Waals surface area contributed by atoms with E-state index in [0.717, 1.165) is 6.42 Å².